The lowest BCUT2D eigenvalue weighted by Gasteiger charge is -2.21. The molecule has 0 fully saturated rings. The number of thiazole rings is 1. The van der Waals surface area contributed by atoms with E-state index >= 15 is 0 Å². The average Bonchev–Trinajstić information content (AvgIpc) is 3.18. The predicted octanol–water partition coefficient (Wildman–Crippen LogP) is 5.39. The van der Waals surface area contributed by atoms with Crippen LogP contribution in [0.2, 0.25) is 5.02 Å². The second kappa shape index (κ2) is 11.8. The van der Waals surface area contributed by atoms with Crippen molar-refractivity contribution in [1.82, 2.24) is 9.88 Å². The normalized spacial score (nSPS) is 11.8. The van der Waals surface area contributed by atoms with Gasteiger partial charge in [0.2, 0.25) is 5.91 Å². The van der Waals surface area contributed by atoms with Crippen LogP contribution in [0.4, 0.5) is 5.13 Å². The molecule has 0 unspecified atom stereocenters. The molecule has 2 aromatic carbocycles. The summed E-state index contributed by atoms with van der Waals surface area (Å²) in [5.41, 5.74) is 2.48. The van der Waals surface area contributed by atoms with Crippen LogP contribution in [0.3, 0.4) is 0 Å². The van der Waals surface area contributed by atoms with Crippen LogP contribution >= 0.6 is 35.3 Å². The smallest absolute Gasteiger partial charge is 0.233 e. The number of anilines is 1. The number of carbonyl (C=O) groups is 1. The van der Waals surface area contributed by atoms with E-state index in [0.717, 1.165) is 34.3 Å². The van der Waals surface area contributed by atoms with Crippen LogP contribution in [0.1, 0.15) is 31.4 Å². The van der Waals surface area contributed by atoms with E-state index in [-0.39, 0.29) is 29.6 Å². The number of carbonyl (C=O) groups excluding carboxylic acids is 1. The van der Waals surface area contributed by atoms with E-state index < -0.39 is 15.1 Å². The Balaban J connectivity index is 0.00000408. The molecule has 10 heteroatoms. The van der Waals surface area contributed by atoms with E-state index in [9.17, 15) is 13.2 Å². The molecule has 1 aromatic heterocycles. The number of aryl methyl sites for hydroxylation is 1. The van der Waals surface area contributed by atoms with Gasteiger partial charge in [-0.25, -0.2) is 13.4 Å². The Morgan fingerprint density at radius 3 is 2.32 bits per heavy atom. The van der Waals surface area contributed by atoms with Crippen molar-refractivity contribution in [2.45, 2.75) is 43.8 Å². The Hall–Kier alpha value is -1.71. The molecule has 34 heavy (non-hydrogen) atoms. The lowest BCUT2D eigenvalue weighted by molar-refractivity contribution is -0.118. The molecular weight excluding hydrogens is 513 g/mol. The molecule has 6 nitrogen and oxygen atoms in total. The number of aromatic nitrogens is 1. The zero-order valence-electron chi connectivity index (χ0n) is 20.0. The lowest BCUT2D eigenvalue weighted by Crippen LogP contribution is -2.34. The summed E-state index contributed by atoms with van der Waals surface area (Å²) in [4.78, 5) is 22.2. The van der Waals surface area contributed by atoms with Gasteiger partial charge < -0.3 is 4.90 Å². The van der Waals surface area contributed by atoms with Crippen molar-refractivity contribution in [3.8, 4) is 0 Å². The third-order valence-electron chi connectivity index (χ3n) is 5.48. The minimum Gasteiger partial charge on any atom is -0.309 e. The summed E-state index contributed by atoms with van der Waals surface area (Å²) in [6.07, 6.45) is 0.972. The molecule has 1 amide bonds. The Bertz CT molecular complexity index is 1240. The molecule has 3 rings (SSSR count). The van der Waals surface area contributed by atoms with E-state index in [4.69, 9.17) is 16.6 Å². The summed E-state index contributed by atoms with van der Waals surface area (Å²) >= 11 is 7.74. The van der Waals surface area contributed by atoms with Crippen molar-refractivity contribution in [3.63, 3.8) is 0 Å². The van der Waals surface area contributed by atoms with E-state index in [1.807, 2.05) is 33.2 Å². The van der Waals surface area contributed by atoms with E-state index in [0.29, 0.717) is 16.7 Å². The third-order valence-corrected chi connectivity index (χ3v) is 9.11. The summed E-state index contributed by atoms with van der Waals surface area (Å²) < 4.78 is 25.7. The zero-order chi connectivity index (χ0) is 24.3. The molecule has 3 aromatic rings. The van der Waals surface area contributed by atoms with Crippen LogP contribution in [-0.2, 0) is 21.1 Å². The molecule has 0 aliphatic rings. The van der Waals surface area contributed by atoms with Gasteiger partial charge >= 0.3 is 0 Å². The molecule has 0 saturated carbocycles. The highest BCUT2D eigenvalue weighted by Gasteiger charge is 2.22. The lowest BCUT2D eigenvalue weighted by atomic mass is 10.1. The van der Waals surface area contributed by atoms with E-state index in [2.05, 4.69) is 4.90 Å². The molecule has 0 saturated heterocycles. The highest BCUT2D eigenvalue weighted by Crippen LogP contribution is 2.34. The van der Waals surface area contributed by atoms with Crippen LogP contribution in [0.25, 0.3) is 10.2 Å². The van der Waals surface area contributed by atoms with Gasteiger partial charge in [0.25, 0.3) is 0 Å². The predicted molar refractivity (Wildman–Crippen MR) is 145 cm³/mol. The van der Waals surface area contributed by atoms with Crippen LogP contribution in [0, 0.1) is 6.92 Å². The van der Waals surface area contributed by atoms with Gasteiger partial charge in [0.05, 0.1) is 26.8 Å². The third kappa shape index (κ3) is 6.49. The number of amides is 1. The maximum absolute atomic E-state index is 13.3. The quantitative estimate of drug-likeness (QED) is 0.361. The minimum atomic E-state index is -3.34. The molecule has 0 bridgehead atoms. The summed E-state index contributed by atoms with van der Waals surface area (Å²) in [5, 5.41) is 0.813. The summed E-state index contributed by atoms with van der Waals surface area (Å²) in [7, 11) is 0.661. The van der Waals surface area contributed by atoms with Gasteiger partial charge in [0.15, 0.2) is 15.0 Å². The number of fused-ring (bicyclic) bond motifs is 1. The molecule has 0 N–H and O–H groups in total. The summed E-state index contributed by atoms with van der Waals surface area (Å²) in [5.74, 6) is -0.0731. The maximum Gasteiger partial charge on any atom is 0.233 e. The number of sulfone groups is 1. The monoisotopic (exact) mass is 543 g/mol. The van der Waals surface area contributed by atoms with Crippen molar-refractivity contribution < 1.29 is 13.2 Å². The number of nitrogens with zero attached hydrogens (tertiary/aromatic N) is 3. The molecule has 0 aliphatic carbocycles. The average molecular weight is 545 g/mol. The van der Waals surface area contributed by atoms with Gasteiger partial charge in [-0.1, -0.05) is 35.1 Å². The number of halogens is 2. The van der Waals surface area contributed by atoms with Crippen molar-refractivity contribution in [1.29, 1.82) is 0 Å². The fourth-order valence-electron chi connectivity index (χ4n) is 3.42. The largest absolute Gasteiger partial charge is 0.309 e. The SMILES string of the molecule is Cc1c(Cl)ccc2sc(N(CCCN(C)C)C(=O)Cc3ccc(S(=O)(=O)C(C)C)cc3)nc12.Cl. The van der Waals surface area contributed by atoms with Crippen molar-refractivity contribution in [3.05, 3.63) is 52.5 Å². The standard InChI is InChI=1S/C24H30ClN3O3S2.ClH/c1-16(2)33(30,31)19-9-7-18(8-10-19)15-22(29)28(14-6-13-27(4)5)24-26-23-17(3)20(25)11-12-21(23)32-24;/h7-12,16H,6,13-15H2,1-5H3;1H. The first-order valence-corrected chi connectivity index (χ1v) is 13.6. The number of benzene rings is 2. The Morgan fingerprint density at radius 2 is 1.74 bits per heavy atom. The highest BCUT2D eigenvalue weighted by molar-refractivity contribution is 7.92. The van der Waals surface area contributed by atoms with Crippen LogP contribution in [0.15, 0.2) is 41.3 Å². The second-order valence-electron chi connectivity index (χ2n) is 8.63. The fraction of sp³-hybridized carbons (Fsp3) is 0.417. The van der Waals surface area contributed by atoms with Gasteiger partial charge in [-0.2, -0.15) is 0 Å². The Morgan fingerprint density at radius 1 is 1.09 bits per heavy atom. The molecular formula is C24H31Cl2N3O3S2. The number of hydrogen-bond donors (Lipinski definition) is 0. The second-order valence-corrected chi connectivity index (χ2v) is 12.6. The van der Waals surface area contributed by atoms with Gasteiger partial charge in [-0.05, 0) is 83.2 Å². The molecule has 0 atom stereocenters. The summed E-state index contributed by atoms with van der Waals surface area (Å²) in [6.45, 7) is 6.64. The summed E-state index contributed by atoms with van der Waals surface area (Å²) in [6, 6.07) is 10.4. The van der Waals surface area contributed by atoms with E-state index in [1.165, 1.54) is 11.3 Å². The molecule has 0 spiro atoms. The van der Waals surface area contributed by atoms with Gasteiger partial charge in [-0.3, -0.25) is 9.69 Å². The van der Waals surface area contributed by atoms with Gasteiger partial charge in [-0.15, -0.1) is 12.4 Å². The van der Waals surface area contributed by atoms with Crippen LogP contribution in [0.5, 0.6) is 0 Å². The van der Waals surface area contributed by atoms with Crippen LogP contribution in [-0.4, -0.2) is 56.6 Å². The van der Waals surface area contributed by atoms with Gasteiger partial charge in [0, 0.05) is 11.6 Å². The number of hydrogen-bond acceptors (Lipinski definition) is 6. The maximum atomic E-state index is 13.3. The van der Waals surface area contributed by atoms with Crippen molar-refractivity contribution in [2.24, 2.45) is 0 Å². The molecule has 1 heterocycles. The Labute approximate surface area is 217 Å². The first-order chi connectivity index (χ1) is 15.5. The zero-order valence-corrected chi connectivity index (χ0v) is 23.2. The van der Waals surface area contributed by atoms with Crippen LogP contribution < -0.4 is 4.90 Å². The topological polar surface area (TPSA) is 70.6 Å². The first-order valence-electron chi connectivity index (χ1n) is 10.8. The first kappa shape index (κ1) is 28.5. The van der Waals surface area contributed by atoms with Gasteiger partial charge in [0.1, 0.15) is 0 Å². The van der Waals surface area contributed by atoms with Crippen molar-refractivity contribution in [2.75, 3.05) is 32.1 Å². The number of rotatable bonds is 9. The minimum absolute atomic E-state index is 0. The molecule has 0 aliphatic heterocycles. The molecule has 186 valence electrons. The Kier molecular flexibility index (Phi) is 9.91. The van der Waals surface area contributed by atoms with E-state index in [1.54, 1.807) is 43.0 Å². The van der Waals surface area contributed by atoms with Crippen molar-refractivity contribution >= 4 is 66.4 Å². The highest BCUT2D eigenvalue weighted by atomic mass is 35.5. The fourth-order valence-corrected chi connectivity index (χ4v) is 5.70. The molecule has 0 radical (unpaired) electrons.